The topological polar surface area (TPSA) is 79.2 Å². The summed E-state index contributed by atoms with van der Waals surface area (Å²) in [5.74, 6) is 0. The molecule has 0 aromatic carbocycles. The summed E-state index contributed by atoms with van der Waals surface area (Å²) in [5, 5.41) is 27.1. The number of ether oxygens (including phenoxy) is 2. The molecule has 1 rings (SSSR count). The molecule has 1 radical (unpaired) electrons. The van der Waals surface area contributed by atoms with Crippen molar-refractivity contribution in [2.45, 2.75) is 25.2 Å². The van der Waals surface area contributed by atoms with Crippen molar-refractivity contribution in [2.24, 2.45) is 0 Å². The summed E-state index contributed by atoms with van der Waals surface area (Å²) in [7, 11) is 0. The van der Waals surface area contributed by atoms with Crippen molar-refractivity contribution in [2.75, 3.05) is 13.2 Å². The maximum atomic E-state index is 9.24. The predicted octanol–water partition coefficient (Wildman–Crippen LogP) is -1.37. The molecular weight excluding hydrogens is 164 g/mol. The highest BCUT2D eigenvalue weighted by molar-refractivity contribution is 4.96. The maximum absolute atomic E-state index is 9.24. The van der Waals surface area contributed by atoms with Crippen molar-refractivity contribution in [1.29, 1.82) is 0 Å². The van der Waals surface area contributed by atoms with Gasteiger partial charge in [0.05, 0.1) is 6.61 Å². The first kappa shape index (κ1) is 9.88. The van der Waals surface area contributed by atoms with Gasteiger partial charge in [-0.05, 0) is 6.92 Å². The SMILES string of the molecule is CCO[C]1O[C@H](CO)[C@@H](O)[C@H]1O. The molecule has 3 atom stereocenters. The van der Waals surface area contributed by atoms with Crippen LogP contribution in [0.1, 0.15) is 6.92 Å². The fourth-order valence-corrected chi connectivity index (χ4v) is 1.04. The monoisotopic (exact) mass is 177 g/mol. The van der Waals surface area contributed by atoms with Crippen LogP contribution in [0.5, 0.6) is 0 Å². The summed E-state index contributed by atoms with van der Waals surface area (Å²) in [6.45, 7) is 1.76. The Morgan fingerprint density at radius 3 is 2.58 bits per heavy atom. The molecule has 0 bridgehead atoms. The van der Waals surface area contributed by atoms with E-state index in [0.717, 1.165) is 0 Å². The van der Waals surface area contributed by atoms with Gasteiger partial charge in [0.2, 0.25) is 0 Å². The van der Waals surface area contributed by atoms with Crippen LogP contribution in [0, 0.1) is 6.29 Å². The first-order chi connectivity index (χ1) is 5.70. The highest BCUT2D eigenvalue weighted by Crippen LogP contribution is 2.27. The Labute approximate surface area is 70.5 Å². The molecule has 0 spiro atoms. The third-order valence-electron chi connectivity index (χ3n) is 1.68. The van der Waals surface area contributed by atoms with Crippen molar-refractivity contribution in [3.05, 3.63) is 6.29 Å². The van der Waals surface area contributed by atoms with Gasteiger partial charge in [-0.1, -0.05) is 0 Å². The van der Waals surface area contributed by atoms with Crippen molar-refractivity contribution in [1.82, 2.24) is 0 Å². The summed E-state index contributed by atoms with van der Waals surface area (Å²) < 4.78 is 9.81. The standard InChI is InChI=1S/C7H13O5/c1-2-11-7-6(10)5(9)4(3-8)12-7/h4-6,8-10H,2-3H2,1H3/t4-,5-,6-/m1/s1. The molecule has 5 heteroatoms. The van der Waals surface area contributed by atoms with E-state index in [4.69, 9.17) is 14.6 Å². The Kier molecular flexibility index (Phi) is 3.42. The average Bonchev–Trinajstić information content (AvgIpc) is 2.33. The highest BCUT2D eigenvalue weighted by atomic mass is 16.7. The number of aliphatic hydroxyl groups is 3. The van der Waals surface area contributed by atoms with Gasteiger partial charge < -0.3 is 24.8 Å². The van der Waals surface area contributed by atoms with E-state index in [9.17, 15) is 10.2 Å². The molecule has 0 aromatic rings. The Bertz CT molecular complexity index is 140. The molecule has 3 N–H and O–H groups in total. The van der Waals surface area contributed by atoms with Gasteiger partial charge in [0.1, 0.15) is 18.3 Å². The van der Waals surface area contributed by atoms with E-state index in [0.29, 0.717) is 6.61 Å². The molecule has 0 aliphatic carbocycles. The molecule has 5 nitrogen and oxygen atoms in total. The first-order valence-corrected chi connectivity index (χ1v) is 3.84. The summed E-state index contributed by atoms with van der Waals surface area (Å²) in [5.41, 5.74) is 0. The predicted molar refractivity (Wildman–Crippen MR) is 38.8 cm³/mol. The fourth-order valence-electron chi connectivity index (χ4n) is 1.04. The lowest BCUT2D eigenvalue weighted by atomic mass is 10.1. The van der Waals surface area contributed by atoms with E-state index in [-0.39, 0.29) is 12.9 Å². The van der Waals surface area contributed by atoms with Gasteiger partial charge in [0, 0.05) is 6.61 Å². The molecule has 1 aliphatic rings. The Morgan fingerprint density at radius 2 is 2.17 bits per heavy atom. The van der Waals surface area contributed by atoms with Crippen molar-refractivity contribution < 1.29 is 24.8 Å². The second kappa shape index (κ2) is 4.15. The van der Waals surface area contributed by atoms with Gasteiger partial charge in [-0.15, -0.1) is 0 Å². The van der Waals surface area contributed by atoms with Gasteiger partial charge in [-0.2, -0.15) is 0 Å². The summed E-state index contributed by atoms with van der Waals surface area (Å²) >= 11 is 0. The Balaban J connectivity index is 2.48. The zero-order valence-corrected chi connectivity index (χ0v) is 6.80. The minimum atomic E-state index is -1.15. The van der Waals surface area contributed by atoms with Crippen LogP contribution in [0.4, 0.5) is 0 Å². The molecule has 1 heterocycles. The smallest absolute Gasteiger partial charge is 0.256 e. The normalized spacial score (nSPS) is 37.5. The van der Waals surface area contributed by atoms with E-state index in [2.05, 4.69) is 0 Å². The Hall–Kier alpha value is -0.200. The van der Waals surface area contributed by atoms with Crippen LogP contribution in [-0.2, 0) is 9.47 Å². The third kappa shape index (κ3) is 1.75. The number of rotatable bonds is 3. The minimum absolute atomic E-state index is 0.0101. The van der Waals surface area contributed by atoms with Gasteiger partial charge in [0.15, 0.2) is 0 Å². The van der Waals surface area contributed by atoms with E-state index in [1.807, 2.05) is 0 Å². The van der Waals surface area contributed by atoms with Crippen molar-refractivity contribution in [3.8, 4) is 0 Å². The molecule has 0 amide bonds. The lowest BCUT2D eigenvalue weighted by Crippen LogP contribution is -2.32. The molecule has 1 aliphatic heterocycles. The molecule has 0 saturated carbocycles. The molecule has 12 heavy (non-hydrogen) atoms. The summed E-state index contributed by atoms with van der Waals surface area (Å²) in [4.78, 5) is 0. The molecule has 1 saturated heterocycles. The quantitative estimate of drug-likeness (QED) is 0.495. The van der Waals surface area contributed by atoms with Crippen LogP contribution < -0.4 is 0 Å². The molecule has 0 aromatic heterocycles. The van der Waals surface area contributed by atoms with Gasteiger partial charge in [-0.25, -0.2) is 0 Å². The van der Waals surface area contributed by atoms with Crippen LogP contribution in [0.2, 0.25) is 0 Å². The summed E-state index contributed by atoms with van der Waals surface area (Å²) in [6, 6.07) is 0. The number of aliphatic hydroxyl groups excluding tert-OH is 3. The van der Waals surface area contributed by atoms with E-state index in [1.165, 1.54) is 0 Å². The zero-order chi connectivity index (χ0) is 9.14. The largest absolute Gasteiger partial charge is 0.394 e. The van der Waals surface area contributed by atoms with Crippen LogP contribution in [0.15, 0.2) is 0 Å². The van der Waals surface area contributed by atoms with E-state index in [1.54, 1.807) is 6.92 Å². The Morgan fingerprint density at radius 1 is 1.50 bits per heavy atom. The maximum Gasteiger partial charge on any atom is 0.256 e. The van der Waals surface area contributed by atoms with E-state index < -0.39 is 18.3 Å². The molecule has 0 unspecified atom stereocenters. The molecular formula is C7H13O5. The molecule has 1 fully saturated rings. The van der Waals surface area contributed by atoms with Crippen molar-refractivity contribution in [3.63, 3.8) is 0 Å². The first-order valence-electron chi connectivity index (χ1n) is 3.84. The lowest BCUT2D eigenvalue weighted by Gasteiger charge is -2.11. The number of hydrogen-bond donors (Lipinski definition) is 3. The van der Waals surface area contributed by atoms with Gasteiger partial charge in [-0.3, -0.25) is 0 Å². The molecule has 71 valence electrons. The second-order valence-corrected chi connectivity index (χ2v) is 2.53. The summed E-state index contributed by atoms with van der Waals surface area (Å²) in [6.07, 6.45) is -3.04. The van der Waals surface area contributed by atoms with Gasteiger partial charge >= 0.3 is 0 Å². The number of hydrogen-bond acceptors (Lipinski definition) is 5. The minimum Gasteiger partial charge on any atom is -0.394 e. The fraction of sp³-hybridized carbons (Fsp3) is 0.857. The highest BCUT2D eigenvalue weighted by Gasteiger charge is 2.44. The van der Waals surface area contributed by atoms with E-state index >= 15 is 0 Å². The lowest BCUT2D eigenvalue weighted by molar-refractivity contribution is -0.0769. The van der Waals surface area contributed by atoms with Crippen LogP contribution in [0.25, 0.3) is 0 Å². The average molecular weight is 177 g/mol. The third-order valence-corrected chi connectivity index (χ3v) is 1.68. The zero-order valence-electron chi connectivity index (χ0n) is 6.80. The van der Waals surface area contributed by atoms with Crippen molar-refractivity contribution >= 4 is 0 Å². The van der Waals surface area contributed by atoms with Crippen LogP contribution in [-0.4, -0.2) is 46.8 Å². The second-order valence-electron chi connectivity index (χ2n) is 2.53. The van der Waals surface area contributed by atoms with Crippen LogP contribution in [0.3, 0.4) is 0 Å². The van der Waals surface area contributed by atoms with Gasteiger partial charge in [0.25, 0.3) is 6.29 Å². The van der Waals surface area contributed by atoms with Crippen LogP contribution >= 0.6 is 0 Å².